The van der Waals surface area contributed by atoms with Crippen molar-refractivity contribution in [1.82, 2.24) is 34.6 Å². The Bertz CT molecular complexity index is 1450. The number of benzene rings is 1. The molecule has 7 nitrogen and oxygen atoms in total. The summed E-state index contributed by atoms with van der Waals surface area (Å²) in [5.74, 6) is -1.53. The minimum atomic E-state index is -4.67. The van der Waals surface area contributed by atoms with E-state index in [0.29, 0.717) is 0 Å². The number of aryl methyl sites for hydroxylation is 1. The fraction of sp³-hybridized carbons (Fsp3) is 0.167. The first-order chi connectivity index (χ1) is 14.7. The van der Waals surface area contributed by atoms with Gasteiger partial charge in [-0.3, -0.25) is 9.67 Å². The Morgan fingerprint density at radius 1 is 1.13 bits per heavy atom. The van der Waals surface area contributed by atoms with Gasteiger partial charge in [-0.25, -0.2) is 8.78 Å². The summed E-state index contributed by atoms with van der Waals surface area (Å²) in [4.78, 5) is 4.12. The van der Waals surface area contributed by atoms with Gasteiger partial charge in [0, 0.05) is 42.9 Å². The average molecular weight is 451 g/mol. The summed E-state index contributed by atoms with van der Waals surface area (Å²) in [6.07, 6.45) is -2.35. The van der Waals surface area contributed by atoms with E-state index in [9.17, 15) is 22.0 Å². The third kappa shape index (κ3) is 3.21. The van der Waals surface area contributed by atoms with Crippen molar-refractivity contribution in [3.8, 4) is 10.6 Å². The lowest BCUT2D eigenvalue weighted by Gasteiger charge is -2.06. The van der Waals surface area contributed by atoms with Crippen LogP contribution in [0.5, 0.6) is 0 Å². The largest absolute Gasteiger partial charge is 0.435 e. The number of nitrogens with zero attached hydrogens (tertiary/aromatic N) is 7. The van der Waals surface area contributed by atoms with Crippen LogP contribution in [0.25, 0.3) is 26.4 Å². The van der Waals surface area contributed by atoms with E-state index in [2.05, 4.69) is 25.4 Å². The number of halogens is 5. The third-order valence-corrected chi connectivity index (χ3v) is 5.54. The van der Waals surface area contributed by atoms with Crippen LogP contribution in [-0.4, -0.2) is 34.6 Å². The number of pyridine rings is 1. The van der Waals surface area contributed by atoms with E-state index < -0.39 is 23.5 Å². The van der Waals surface area contributed by atoms with Crippen LogP contribution in [0.4, 0.5) is 22.0 Å². The van der Waals surface area contributed by atoms with Gasteiger partial charge in [-0.2, -0.15) is 27.9 Å². The van der Waals surface area contributed by atoms with E-state index in [1.807, 2.05) is 0 Å². The van der Waals surface area contributed by atoms with Crippen LogP contribution in [0.3, 0.4) is 0 Å². The minimum absolute atomic E-state index is 0.00947. The predicted octanol–water partition coefficient (Wildman–Crippen LogP) is 4.02. The van der Waals surface area contributed by atoms with Gasteiger partial charge in [0.25, 0.3) is 0 Å². The van der Waals surface area contributed by atoms with Crippen molar-refractivity contribution in [3.63, 3.8) is 0 Å². The zero-order chi connectivity index (χ0) is 21.9. The number of hydrogen-bond acceptors (Lipinski definition) is 6. The summed E-state index contributed by atoms with van der Waals surface area (Å²) in [5.41, 5.74) is -1.40. The van der Waals surface area contributed by atoms with Crippen LogP contribution in [0.15, 0.2) is 30.6 Å². The van der Waals surface area contributed by atoms with Gasteiger partial charge in [0.2, 0.25) is 4.96 Å². The van der Waals surface area contributed by atoms with Crippen LogP contribution in [-0.2, 0) is 19.6 Å². The van der Waals surface area contributed by atoms with Crippen molar-refractivity contribution < 1.29 is 22.0 Å². The number of hydrogen-bond donors (Lipinski definition) is 0. The number of rotatable bonds is 3. The summed E-state index contributed by atoms with van der Waals surface area (Å²) >= 11 is 0.864. The molecule has 0 amide bonds. The van der Waals surface area contributed by atoms with Crippen LogP contribution in [0, 0.1) is 11.6 Å². The molecule has 5 aromatic rings. The molecule has 4 aromatic heterocycles. The lowest BCUT2D eigenvalue weighted by atomic mass is 10.1. The Morgan fingerprint density at radius 3 is 2.71 bits per heavy atom. The van der Waals surface area contributed by atoms with Crippen molar-refractivity contribution in [1.29, 1.82) is 0 Å². The van der Waals surface area contributed by atoms with Crippen LogP contribution >= 0.6 is 11.3 Å². The zero-order valence-corrected chi connectivity index (χ0v) is 16.3. The average Bonchev–Trinajstić information content (AvgIpc) is 3.39. The van der Waals surface area contributed by atoms with E-state index in [0.717, 1.165) is 22.1 Å². The second kappa shape index (κ2) is 6.77. The fourth-order valence-electron chi connectivity index (χ4n) is 3.24. The Morgan fingerprint density at radius 2 is 1.94 bits per heavy atom. The number of fused-ring (bicyclic) bond motifs is 2. The molecule has 0 atom stereocenters. The Hall–Kier alpha value is -3.48. The predicted molar refractivity (Wildman–Crippen MR) is 100 cm³/mol. The smallest absolute Gasteiger partial charge is 0.274 e. The second-order valence-corrected chi connectivity index (χ2v) is 7.63. The highest BCUT2D eigenvalue weighted by Gasteiger charge is 2.38. The Labute approximate surface area is 173 Å². The maximum Gasteiger partial charge on any atom is 0.435 e. The summed E-state index contributed by atoms with van der Waals surface area (Å²) in [6, 6.07) is 4.12. The van der Waals surface area contributed by atoms with Crippen molar-refractivity contribution in [2.45, 2.75) is 12.6 Å². The molecule has 158 valence electrons. The van der Waals surface area contributed by atoms with E-state index in [1.165, 1.54) is 36.1 Å². The lowest BCUT2D eigenvalue weighted by Crippen LogP contribution is -2.08. The molecule has 0 unspecified atom stereocenters. The van der Waals surface area contributed by atoms with Gasteiger partial charge in [-0.05, 0) is 12.1 Å². The summed E-state index contributed by atoms with van der Waals surface area (Å²) in [7, 11) is 1.37. The standard InChI is InChI=1S/C18H10F5N7S/c1-29-7-10(15(27-29)18(21,22)23)16-28-30-13(25-26-17(30)31-16)5-9-11(19)6-12-8(14(9)20)3-2-4-24-12/h2-4,6-7H,5H2,1H3. The highest BCUT2D eigenvalue weighted by atomic mass is 32.1. The van der Waals surface area contributed by atoms with Crippen LogP contribution in [0.2, 0.25) is 0 Å². The van der Waals surface area contributed by atoms with Crippen LogP contribution in [0.1, 0.15) is 17.1 Å². The van der Waals surface area contributed by atoms with Gasteiger partial charge in [-0.15, -0.1) is 10.2 Å². The van der Waals surface area contributed by atoms with Gasteiger partial charge in [0.1, 0.15) is 11.6 Å². The van der Waals surface area contributed by atoms with Gasteiger partial charge in [0.05, 0.1) is 11.1 Å². The second-order valence-electron chi connectivity index (χ2n) is 6.68. The molecule has 0 bridgehead atoms. The molecule has 31 heavy (non-hydrogen) atoms. The maximum absolute atomic E-state index is 14.9. The summed E-state index contributed by atoms with van der Waals surface area (Å²) in [6.45, 7) is 0. The summed E-state index contributed by atoms with van der Waals surface area (Å²) < 4.78 is 71.5. The molecule has 1 aromatic carbocycles. The van der Waals surface area contributed by atoms with E-state index in [1.54, 1.807) is 0 Å². The Balaban J connectivity index is 1.59. The molecule has 0 N–H and O–H groups in total. The monoisotopic (exact) mass is 451 g/mol. The molecule has 0 spiro atoms. The highest BCUT2D eigenvalue weighted by Crippen LogP contribution is 2.37. The van der Waals surface area contributed by atoms with Crippen molar-refractivity contribution in [2.75, 3.05) is 0 Å². The normalized spacial score (nSPS) is 12.3. The van der Waals surface area contributed by atoms with E-state index in [-0.39, 0.29) is 44.2 Å². The SMILES string of the molecule is Cn1cc(-c2nn3c(Cc4c(F)cc5ncccc5c4F)nnc3s2)c(C(F)(F)F)n1. The molecule has 0 radical (unpaired) electrons. The first-order valence-electron chi connectivity index (χ1n) is 8.76. The van der Waals surface area contributed by atoms with Crippen molar-refractivity contribution >= 4 is 27.2 Å². The quantitative estimate of drug-likeness (QED) is 0.388. The molecule has 0 aliphatic carbocycles. The molecule has 0 fully saturated rings. The molecule has 4 heterocycles. The molecular formula is C18H10F5N7S. The molecule has 0 saturated heterocycles. The van der Waals surface area contributed by atoms with E-state index >= 15 is 0 Å². The van der Waals surface area contributed by atoms with E-state index in [4.69, 9.17) is 0 Å². The zero-order valence-electron chi connectivity index (χ0n) is 15.5. The maximum atomic E-state index is 14.9. The van der Waals surface area contributed by atoms with Crippen molar-refractivity contribution in [2.24, 2.45) is 7.05 Å². The third-order valence-electron chi connectivity index (χ3n) is 4.61. The highest BCUT2D eigenvalue weighted by molar-refractivity contribution is 7.19. The molecule has 0 aliphatic heterocycles. The molecule has 5 rings (SSSR count). The molecule has 0 aliphatic rings. The van der Waals surface area contributed by atoms with Gasteiger partial charge in [-0.1, -0.05) is 11.3 Å². The minimum Gasteiger partial charge on any atom is -0.274 e. The first-order valence-corrected chi connectivity index (χ1v) is 9.58. The molecular weight excluding hydrogens is 441 g/mol. The van der Waals surface area contributed by atoms with Crippen LogP contribution < -0.4 is 0 Å². The number of alkyl halides is 3. The number of aromatic nitrogens is 7. The van der Waals surface area contributed by atoms with Crippen molar-refractivity contribution in [3.05, 3.63) is 59.3 Å². The molecule has 0 saturated carbocycles. The Kier molecular flexibility index (Phi) is 4.25. The summed E-state index contributed by atoms with van der Waals surface area (Å²) in [5, 5.41) is 15.5. The fourth-order valence-corrected chi connectivity index (χ4v) is 4.11. The molecule has 13 heteroatoms. The topological polar surface area (TPSA) is 73.8 Å². The lowest BCUT2D eigenvalue weighted by molar-refractivity contribution is -0.140. The van der Waals surface area contributed by atoms with Gasteiger partial charge >= 0.3 is 6.18 Å². The van der Waals surface area contributed by atoms with Gasteiger partial charge in [0.15, 0.2) is 16.5 Å². The van der Waals surface area contributed by atoms with Gasteiger partial charge < -0.3 is 0 Å². The first kappa shape index (κ1) is 19.5.